The quantitative estimate of drug-likeness (QED) is 0.830. The number of hydrogen-bond acceptors (Lipinski definition) is 5. The first-order chi connectivity index (χ1) is 9.86. The van der Waals surface area contributed by atoms with Crippen molar-refractivity contribution in [3.05, 3.63) is 20.8 Å². The maximum Gasteiger partial charge on any atom is 0.346 e. The summed E-state index contributed by atoms with van der Waals surface area (Å²) in [6.07, 6.45) is 4.61. The first-order valence-corrected chi connectivity index (χ1v) is 7.47. The molecule has 1 aromatic heterocycles. The molecule has 1 aliphatic rings. The number of aliphatic hydroxyl groups is 1. The molecule has 118 valence electrons. The molecule has 1 heterocycles. The number of aromatic nitrogens is 3. The van der Waals surface area contributed by atoms with Crippen LogP contribution in [0.2, 0.25) is 0 Å². The zero-order chi connectivity index (χ0) is 15.6. The highest BCUT2D eigenvalue weighted by atomic mass is 16.3. The lowest BCUT2D eigenvalue weighted by atomic mass is 9.78. The summed E-state index contributed by atoms with van der Waals surface area (Å²) in [7, 11) is 2.91. The molecule has 0 bridgehead atoms. The van der Waals surface area contributed by atoms with Gasteiger partial charge in [-0.05, 0) is 31.6 Å². The molecule has 0 atom stereocenters. The fraction of sp³-hybridized carbons (Fsp3) is 0.786. The molecular formula is C14H24N4O3. The van der Waals surface area contributed by atoms with E-state index < -0.39 is 16.9 Å². The lowest BCUT2D eigenvalue weighted by molar-refractivity contribution is 0.00217. The Morgan fingerprint density at radius 3 is 2.52 bits per heavy atom. The van der Waals surface area contributed by atoms with Crippen molar-refractivity contribution in [2.75, 3.05) is 11.9 Å². The molecule has 0 radical (unpaired) electrons. The predicted molar refractivity (Wildman–Crippen MR) is 80.4 cm³/mol. The van der Waals surface area contributed by atoms with Gasteiger partial charge in [0.2, 0.25) is 5.82 Å². The van der Waals surface area contributed by atoms with Gasteiger partial charge in [-0.15, -0.1) is 5.10 Å². The Morgan fingerprint density at radius 2 is 1.95 bits per heavy atom. The average molecular weight is 296 g/mol. The van der Waals surface area contributed by atoms with E-state index in [2.05, 4.69) is 17.3 Å². The zero-order valence-corrected chi connectivity index (χ0v) is 12.9. The van der Waals surface area contributed by atoms with Crippen molar-refractivity contribution < 1.29 is 5.11 Å². The van der Waals surface area contributed by atoms with Crippen molar-refractivity contribution in [1.82, 2.24) is 14.3 Å². The lowest BCUT2D eigenvalue weighted by Crippen LogP contribution is -2.44. The monoisotopic (exact) mass is 296 g/mol. The van der Waals surface area contributed by atoms with Crippen molar-refractivity contribution in [3.8, 4) is 0 Å². The van der Waals surface area contributed by atoms with E-state index >= 15 is 0 Å². The van der Waals surface area contributed by atoms with Crippen molar-refractivity contribution in [2.45, 2.75) is 44.6 Å². The van der Waals surface area contributed by atoms with Crippen LogP contribution in [0.1, 0.15) is 39.0 Å². The highest BCUT2D eigenvalue weighted by Gasteiger charge is 2.32. The van der Waals surface area contributed by atoms with Gasteiger partial charge in [0.1, 0.15) is 0 Å². The summed E-state index contributed by atoms with van der Waals surface area (Å²) < 4.78 is 2.12. The smallest absolute Gasteiger partial charge is 0.346 e. The Kier molecular flexibility index (Phi) is 4.51. The van der Waals surface area contributed by atoms with Crippen LogP contribution >= 0.6 is 0 Å². The summed E-state index contributed by atoms with van der Waals surface area (Å²) in [5, 5.41) is 17.4. The van der Waals surface area contributed by atoms with Gasteiger partial charge in [-0.3, -0.25) is 9.36 Å². The number of aryl methyl sites for hydroxylation is 1. The largest absolute Gasteiger partial charge is 0.388 e. The first-order valence-electron chi connectivity index (χ1n) is 7.47. The van der Waals surface area contributed by atoms with Crippen molar-refractivity contribution in [3.63, 3.8) is 0 Å². The Hall–Kier alpha value is -1.63. The van der Waals surface area contributed by atoms with Crippen LogP contribution in [0.15, 0.2) is 9.59 Å². The third kappa shape index (κ3) is 3.34. The molecule has 0 spiro atoms. The summed E-state index contributed by atoms with van der Waals surface area (Å²) in [5.74, 6) is 0.791. The molecule has 2 N–H and O–H groups in total. The first kappa shape index (κ1) is 15.8. The molecular weight excluding hydrogens is 272 g/mol. The minimum Gasteiger partial charge on any atom is -0.388 e. The molecule has 0 aliphatic heterocycles. The fourth-order valence-corrected chi connectivity index (χ4v) is 2.86. The van der Waals surface area contributed by atoms with Gasteiger partial charge in [0.15, 0.2) is 0 Å². The standard InChI is InChI=1S/C14H24N4O3/c1-4-10-5-7-14(21,8-6-10)9-15-11-12(19)17(2)13(20)18(3)16-11/h10,21H,4-9H2,1-3H3,(H,15,16). The van der Waals surface area contributed by atoms with Crippen LogP contribution in [0.25, 0.3) is 0 Å². The molecule has 1 fully saturated rings. The number of nitrogens with zero attached hydrogens (tertiary/aromatic N) is 3. The minimum atomic E-state index is -0.799. The Labute approximate surface area is 123 Å². The summed E-state index contributed by atoms with van der Waals surface area (Å²) in [5.41, 5.74) is -1.73. The maximum atomic E-state index is 12.0. The van der Waals surface area contributed by atoms with E-state index in [-0.39, 0.29) is 12.4 Å². The van der Waals surface area contributed by atoms with Gasteiger partial charge in [0, 0.05) is 20.6 Å². The number of nitrogens with one attached hydrogen (secondary N) is 1. The molecule has 0 unspecified atom stereocenters. The molecule has 21 heavy (non-hydrogen) atoms. The molecule has 1 aliphatic carbocycles. The van der Waals surface area contributed by atoms with Gasteiger partial charge in [0.05, 0.1) is 5.60 Å². The van der Waals surface area contributed by atoms with Crippen molar-refractivity contribution in [2.24, 2.45) is 20.0 Å². The van der Waals surface area contributed by atoms with E-state index in [1.54, 1.807) is 0 Å². The molecule has 0 aromatic carbocycles. The van der Waals surface area contributed by atoms with Gasteiger partial charge in [-0.2, -0.15) is 0 Å². The molecule has 1 saturated carbocycles. The Balaban J connectivity index is 2.07. The van der Waals surface area contributed by atoms with Crippen LogP contribution in [-0.4, -0.2) is 31.6 Å². The lowest BCUT2D eigenvalue weighted by Gasteiger charge is -2.35. The highest BCUT2D eigenvalue weighted by molar-refractivity contribution is 5.30. The van der Waals surface area contributed by atoms with Crippen LogP contribution in [0.3, 0.4) is 0 Å². The van der Waals surface area contributed by atoms with Gasteiger partial charge in [-0.1, -0.05) is 13.3 Å². The predicted octanol–water partition coefficient (Wildman–Crippen LogP) is 0.222. The van der Waals surface area contributed by atoms with Gasteiger partial charge in [0.25, 0.3) is 5.56 Å². The van der Waals surface area contributed by atoms with E-state index in [4.69, 9.17) is 0 Å². The summed E-state index contributed by atoms with van der Waals surface area (Å²) >= 11 is 0. The molecule has 1 aromatic rings. The maximum absolute atomic E-state index is 12.0. The number of hydrogen-bond donors (Lipinski definition) is 2. The zero-order valence-electron chi connectivity index (χ0n) is 12.9. The van der Waals surface area contributed by atoms with Crippen LogP contribution in [-0.2, 0) is 14.1 Å². The van der Waals surface area contributed by atoms with E-state index in [9.17, 15) is 14.7 Å². The average Bonchev–Trinajstić information content (AvgIpc) is 2.48. The molecule has 0 amide bonds. The molecule has 7 heteroatoms. The fourth-order valence-electron chi connectivity index (χ4n) is 2.86. The van der Waals surface area contributed by atoms with E-state index in [0.717, 1.165) is 41.4 Å². The van der Waals surface area contributed by atoms with E-state index in [1.807, 2.05) is 0 Å². The normalized spacial score (nSPS) is 25.8. The third-order valence-corrected chi connectivity index (χ3v) is 4.52. The second kappa shape index (κ2) is 6.01. The second-order valence-electron chi connectivity index (χ2n) is 6.05. The van der Waals surface area contributed by atoms with E-state index in [0.29, 0.717) is 5.92 Å². The van der Waals surface area contributed by atoms with Gasteiger partial charge >= 0.3 is 5.69 Å². The SMILES string of the molecule is CCC1CCC(O)(CNc2nn(C)c(=O)n(C)c2=O)CC1. The second-order valence-corrected chi connectivity index (χ2v) is 6.05. The number of anilines is 1. The van der Waals surface area contributed by atoms with Crippen molar-refractivity contribution >= 4 is 5.82 Å². The van der Waals surface area contributed by atoms with Crippen LogP contribution < -0.4 is 16.6 Å². The van der Waals surface area contributed by atoms with E-state index in [1.165, 1.54) is 14.1 Å². The minimum absolute atomic E-state index is 0.102. The third-order valence-electron chi connectivity index (χ3n) is 4.52. The topological polar surface area (TPSA) is 89.2 Å². The Morgan fingerprint density at radius 1 is 1.33 bits per heavy atom. The molecule has 2 rings (SSSR count). The summed E-state index contributed by atoms with van der Waals surface area (Å²) in [4.78, 5) is 23.5. The van der Waals surface area contributed by atoms with Gasteiger partial charge < -0.3 is 10.4 Å². The molecule has 0 saturated heterocycles. The van der Waals surface area contributed by atoms with Crippen LogP contribution in [0.4, 0.5) is 5.82 Å². The Bertz CT molecular complexity index is 612. The van der Waals surface area contributed by atoms with Gasteiger partial charge in [-0.25, -0.2) is 9.48 Å². The highest BCUT2D eigenvalue weighted by Crippen LogP contribution is 2.33. The van der Waals surface area contributed by atoms with Crippen LogP contribution in [0, 0.1) is 5.92 Å². The summed E-state index contributed by atoms with van der Waals surface area (Å²) in [6.45, 7) is 2.45. The van der Waals surface area contributed by atoms with Crippen molar-refractivity contribution in [1.29, 1.82) is 0 Å². The molecule has 7 nitrogen and oxygen atoms in total. The number of rotatable bonds is 4. The van der Waals surface area contributed by atoms with Crippen LogP contribution in [0.5, 0.6) is 0 Å². The summed E-state index contributed by atoms with van der Waals surface area (Å²) in [6, 6.07) is 0.